The van der Waals surface area contributed by atoms with Crippen molar-refractivity contribution in [3.05, 3.63) is 0 Å². The summed E-state index contributed by atoms with van der Waals surface area (Å²) >= 11 is 0. The highest BCUT2D eigenvalue weighted by molar-refractivity contribution is 5.33. The van der Waals surface area contributed by atoms with Gasteiger partial charge < -0.3 is 5.11 Å². The minimum Gasteiger partial charge on any atom is -0.393 e. The molecule has 6 rings (SSSR count). The molecule has 0 aliphatic heterocycles. The first-order valence-electron chi connectivity index (χ1n) is 5.07. The average Bonchev–Trinajstić information content (AvgIpc) is 2.40. The Labute approximate surface area is 65.8 Å². The molecule has 4 bridgehead atoms. The minimum atomic E-state index is 0.156. The van der Waals surface area contributed by atoms with Gasteiger partial charge in [0.25, 0.3) is 0 Å². The second-order valence-corrected chi connectivity index (χ2v) is 5.52. The summed E-state index contributed by atoms with van der Waals surface area (Å²) in [5.41, 5.74) is 0. The van der Waals surface area contributed by atoms with E-state index in [1.807, 2.05) is 0 Å². The minimum absolute atomic E-state index is 0.156. The molecule has 1 N–H and O–H groups in total. The SMILES string of the molecule is O[C@H]1[C@@H]2[C@@H]3[C@@H]4C[C@@H]5[C@H]3[C@@H]2[C@@H]5[C@@H]14. The molecule has 0 heterocycles. The van der Waals surface area contributed by atoms with E-state index in [4.69, 9.17) is 0 Å². The quantitative estimate of drug-likeness (QED) is 0.537. The monoisotopic (exact) mass is 148 g/mol. The molecular formula is C10H12O. The zero-order chi connectivity index (χ0) is 6.90. The maximum Gasteiger partial charge on any atom is 0.0607 e. The summed E-state index contributed by atoms with van der Waals surface area (Å²) in [6.45, 7) is 0. The Morgan fingerprint density at radius 3 is 2.00 bits per heavy atom. The molecule has 0 amide bonds. The van der Waals surface area contributed by atoms with Gasteiger partial charge in [0.1, 0.15) is 0 Å². The van der Waals surface area contributed by atoms with Crippen LogP contribution in [0, 0.1) is 47.3 Å². The number of aliphatic hydroxyl groups excluding tert-OH is 1. The second-order valence-electron chi connectivity index (χ2n) is 5.52. The van der Waals surface area contributed by atoms with Gasteiger partial charge >= 0.3 is 0 Å². The van der Waals surface area contributed by atoms with Crippen LogP contribution in [0.5, 0.6) is 0 Å². The summed E-state index contributed by atoms with van der Waals surface area (Å²) in [7, 11) is 0. The van der Waals surface area contributed by atoms with E-state index in [-0.39, 0.29) is 6.10 Å². The van der Waals surface area contributed by atoms with Gasteiger partial charge in [-0.1, -0.05) is 0 Å². The zero-order valence-electron chi connectivity index (χ0n) is 6.35. The first-order chi connectivity index (χ1) is 5.39. The summed E-state index contributed by atoms with van der Waals surface area (Å²) in [5.74, 6) is 7.91. The van der Waals surface area contributed by atoms with Crippen molar-refractivity contribution in [2.75, 3.05) is 0 Å². The topological polar surface area (TPSA) is 20.2 Å². The van der Waals surface area contributed by atoms with Crippen molar-refractivity contribution >= 4 is 0 Å². The molecule has 0 aromatic rings. The van der Waals surface area contributed by atoms with Crippen molar-refractivity contribution in [1.29, 1.82) is 0 Å². The fourth-order valence-corrected chi connectivity index (χ4v) is 6.15. The molecule has 0 aromatic carbocycles. The van der Waals surface area contributed by atoms with Crippen LogP contribution in [-0.2, 0) is 0 Å². The van der Waals surface area contributed by atoms with E-state index < -0.39 is 0 Å². The van der Waals surface area contributed by atoms with Gasteiger partial charge in [-0.05, 0) is 53.8 Å². The Balaban J connectivity index is 1.88. The maximum atomic E-state index is 9.92. The van der Waals surface area contributed by atoms with Crippen molar-refractivity contribution in [3.63, 3.8) is 0 Å². The molecule has 0 saturated heterocycles. The first-order valence-corrected chi connectivity index (χ1v) is 5.07. The second kappa shape index (κ2) is 1.02. The van der Waals surface area contributed by atoms with Crippen LogP contribution in [-0.4, -0.2) is 11.2 Å². The van der Waals surface area contributed by atoms with Crippen molar-refractivity contribution in [3.8, 4) is 0 Å². The highest BCUT2D eigenvalue weighted by Gasteiger charge is 2.86. The van der Waals surface area contributed by atoms with Gasteiger partial charge in [-0.3, -0.25) is 0 Å². The first kappa shape index (κ1) is 4.86. The fourth-order valence-electron chi connectivity index (χ4n) is 6.15. The fraction of sp³-hybridized carbons (Fsp3) is 1.00. The normalized spacial score (nSPS) is 90.8. The summed E-state index contributed by atoms with van der Waals surface area (Å²) in [4.78, 5) is 0. The summed E-state index contributed by atoms with van der Waals surface area (Å²) in [6.07, 6.45) is 1.66. The lowest BCUT2D eigenvalue weighted by molar-refractivity contribution is -0.172. The van der Waals surface area contributed by atoms with E-state index in [2.05, 4.69) is 0 Å². The third kappa shape index (κ3) is 0.234. The van der Waals surface area contributed by atoms with Crippen LogP contribution in [0.25, 0.3) is 0 Å². The molecule has 6 aliphatic carbocycles. The predicted octanol–water partition coefficient (Wildman–Crippen LogP) is 0.735. The highest BCUT2D eigenvalue weighted by atomic mass is 16.3. The third-order valence-electron chi connectivity index (χ3n) is 5.98. The third-order valence-corrected chi connectivity index (χ3v) is 5.98. The summed E-state index contributed by atoms with van der Waals surface area (Å²) in [5, 5.41) is 9.92. The molecule has 9 atom stereocenters. The van der Waals surface area contributed by atoms with E-state index in [9.17, 15) is 5.11 Å². The smallest absolute Gasteiger partial charge is 0.0607 e. The molecule has 6 saturated carbocycles. The number of hydrogen-bond acceptors (Lipinski definition) is 1. The van der Waals surface area contributed by atoms with E-state index in [0.29, 0.717) is 0 Å². The summed E-state index contributed by atoms with van der Waals surface area (Å²) < 4.78 is 0. The molecule has 0 aromatic heterocycles. The summed E-state index contributed by atoms with van der Waals surface area (Å²) in [6, 6.07) is 0. The lowest BCUT2D eigenvalue weighted by Crippen LogP contribution is -2.60. The molecule has 1 heteroatoms. The van der Waals surface area contributed by atoms with Crippen LogP contribution in [0.2, 0.25) is 0 Å². The molecule has 6 fully saturated rings. The van der Waals surface area contributed by atoms with Gasteiger partial charge in [-0.15, -0.1) is 0 Å². The Morgan fingerprint density at radius 2 is 1.36 bits per heavy atom. The van der Waals surface area contributed by atoms with Crippen LogP contribution >= 0.6 is 0 Å². The zero-order valence-corrected chi connectivity index (χ0v) is 6.35. The largest absolute Gasteiger partial charge is 0.393 e. The van der Waals surface area contributed by atoms with E-state index in [0.717, 1.165) is 47.3 Å². The highest BCUT2D eigenvalue weighted by Crippen LogP contribution is 2.88. The number of aliphatic hydroxyl groups is 1. The Kier molecular flexibility index (Phi) is 0.452. The maximum absolute atomic E-state index is 9.92. The van der Waals surface area contributed by atoms with Crippen LogP contribution < -0.4 is 0 Å². The molecular weight excluding hydrogens is 136 g/mol. The van der Waals surface area contributed by atoms with Crippen molar-refractivity contribution in [2.24, 2.45) is 47.3 Å². The predicted molar refractivity (Wildman–Crippen MR) is 38.5 cm³/mol. The molecule has 58 valence electrons. The molecule has 0 unspecified atom stereocenters. The molecule has 6 aliphatic rings. The van der Waals surface area contributed by atoms with Gasteiger partial charge in [0.15, 0.2) is 0 Å². The van der Waals surface area contributed by atoms with Crippen LogP contribution in [0.15, 0.2) is 0 Å². The van der Waals surface area contributed by atoms with Gasteiger partial charge in [-0.25, -0.2) is 0 Å². The van der Waals surface area contributed by atoms with E-state index in [1.165, 1.54) is 6.42 Å². The van der Waals surface area contributed by atoms with Gasteiger partial charge in [-0.2, -0.15) is 0 Å². The van der Waals surface area contributed by atoms with Crippen LogP contribution in [0.3, 0.4) is 0 Å². The molecule has 1 nitrogen and oxygen atoms in total. The molecule has 0 radical (unpaired) electrons. The van der Waals surface area contributed by atoms with Gasteiger partial charge in [0.05, 0.1) is 6.10 Å². The molecule has 0 spiro atoms. The number of hydrogen-bond donors (Lipinski definition) is 1. The van der Waals surface area contributed by atoms with Crippen molar-refractivity contribution < 1.29 is 5.11 Å². The average molecular weight is 148 g/mol. The molecule has 11 heavy (non-hydrogen) atoms. The van der Waals surface area contributed by atoms with E-state index in [1.54, 1.807) is 0 Å². The lowest BCUT2D eigenvalue weighted by atomic mass is 9.41. The number of rotatable bonds is 0. The standard InChI is InChI=1S/C10H12O/c11-10-7-3-1-2-4-5(3)9(10)8(4)6(2)7/h2-11H,1H2/t2-,3+,4-,5-,6+,7+,8-,9-,10-/m1/s1. The van der Waals surface area contributed by atoms with Gasteiger partial charge in [0.2, 0.25) is 0 Å². The van der Waals surface area contributed by atoms with Gasteiger partial charge in [0, 0.05) is 0 Å². The Hall–Kier alpha value is -0.0400. The van der Waals surface area contributed by atoms with Crippen LogP contribution in [0.4, 0.5) is 0 Å². The van der Waals surface area contributed by atoms with Crippen molar-refractivity contribution in [1.82, 2.24) is 0 Å². The van der Waals surface area contributed by atoms with Crippen LogP contribution in [0.1, 0.15) is 6.42 Å². The van der Waals surface area contributed by atoms with Crippen molar-refractivity contribution in [2.45, 2.75) is 12.5 Å². The lowest BCUT2D eigenvalue weighted by Gasteiger charge is -2.63. The Bertz CT molecular complexity index is 264. The Morgan fingerprint density at radius 1 is 0.727 bits per heavy atom. The van der Waals surface area contributed by atoms with E-state index >= 15 is 0 Å².